The number of hydrogen-bond donors (Lipinski definition) is 1. The predicted octanol–water partition coefficient (Wildman–Crippen LogP) is 5.46. The fourth-order valence-electron chi connectivity index (χ4n) is 2.33. The van der Waals surface area contributed by atoms with E-state index >= 15 is 0 Å². The molecule has 3 aromatic rings. The van der Waals surface area contributed by atoms with E-state index in [0.29, 0.717) is 0 Å². The fraction of sp³-hybridized carbons (Fsp3) is 0.158. The average molecular weight is 393 g/mol. The van der Waals surface area contributed by atoms with Crippen LogP contribution < -0.4 is 5.32 Å². The number of halogens is 2. The van der Waals surface area contributed by atoms with Crippen molar-refractivity contribution >= 4 is 28.3 Å². The van der Waals surface area contributed by atoms with E-state index in [1.54, 1.807) is 0 Å². The zero-order chi connectivity index (χ0) is 15.2. The van der Waals surface area contributed by atoms with E-state index in [-0.39, 0.29) is 12.4 Å². The van der Waals surface area contributed by atoms with Crippen LogP contribution in [0.1, 0.15) is 11.3 Å². The maximum Gasteiger partial charge on any atom is 0.134 e. The van der Waals surface area contributed by atoms with Gasteiger partial charge < -0.3 is 9.73 Å². The molecule has 1 heterocycles. The highest BCUT2D eigenvalue weighted by Crippen LogP contribution is 2.23. The van der Waals surface area contributed by atoms with Gasteiger partial charge in [0.2, 0.25) is 0 Å². The van der Waals surface area contributed by atoms with Crippen LogP contribution >= 0.6 is 28.3 Å². The summed E-state index contributed by atoms with van der Waals surface area (Å²) in [6.07, 6.45) is 1.03. The summed E-state index contributed by atoms with van der Waals surface area (Å²) in [4.78, 5) is 0. The highest BCUT2D eigenvalue weighted by atomic mass is 79.9. The lowest BCUT2D eigenvalue weighted by molar-refractivity contribution is 0.495. The first kappa shape index (κ1) is 17.8. The summed E-state index contributed by atoms with van der Waals surface area (Å²) in [6, 6.07) is 22.7. The maximum absolute atomic E-state index is 5.88. The van der Waals surface area contributed by atoms with Crippen molar-refractivity contribution < 1.29 is 4.42 Å². The van der Waals surface area contributed by atoms with Gasteiger partial charge in [0.25, 0.3) is 0 Å². The highest BCUT2D eigenvalue weighted by molar-refractivity contribution is 9.10. The van der Waals surface area contributed by atoms with Gasteiger partial charge >= 0.3 is 0 Å². The van der Waals surface area contributed by atoms with Crippen LogP contribution in [0.5, 0.6) is 0 Å². The zero-order valence-electron chi connectivity index (χ0n) is 12.7. The normalized spacial score (nSPS) is 10.3. The molecule has 0 amide bonds. The molecule has 0 fully saturated rings. The Labute approximate surface area is 151 Å². The van der Waals surface area contributed by atoms with E-state index < -0.39 is 0 Å². The summed E-state index contributed by atoms with van der Waals surface area (Å²) in [5.74, 6) is 1.87. The van der Waals surface area contributed by atoms with E-state index in [0.717, 1.165) is 41.1 Å². The zero-order valence-corrected chi connectivity index (χ0v) is 15.1. The summed E-state index contributed by atoms with van der Waals surface area (Å²) < 4.78 is 6.96. The monoisotopic (exact) mass is 391 g/mol. The summed E-state index contributed by atoms with van der Waals surface area (Å²) in [5.41, 5.74) is 2.45. The number of furan rings is 1. The van der Waals surface area contributed by atoms with Crippen molar-refractivity contribution in [2.24, 2.45) is 0 Å². The molecule has 1 N–H and O–H groups in total. The molecule has 0 atom stereocenters. The molecule has 3 rings (SSSR count). The van der Waals surface area contributed by atoms with Gasteiger partial charge in [0, 0.05) is 10.0 Å². The first-order valence-corrected chi connectivity index (χ1v) is 8.20. The molecule has 23 heavy (non-hydrogen) atoms. The van der Waals surface area contributed by atoms with Gasteiger partial charge in [-0.3, -0.25) is 0 Å². The van der Waals surface area contributed by atoms with Crippen molar-refractivity contribution in [2.45, 2.75) is 13.0 Å². The Bertz CT molecular complexity index is 710. The molecule has 0 radical (unpaired) electrons. The Morgan fingerprint density at radius 1 is 0.870 bits per heavy atom. The van der Waals surface area contributed by atoms with Gasteiger partial charge in [0.05, 0.1) is 6.54 Å². The van der Waals surface area contributed by atoms with Gasteiger partial charge in [0.1, 0.15) is 11.5 Å². The van der Waals surface area contributed by atoms with Gasteiger partial charge in [0.15, 0.2) is 0 Å². The average Bonchev–Trinajstić information content (AvgIpc) is 3.02. The lowest BCUT2D eigenvalue weighted by Gasteiger charge is -2.03. The highest BCUT2D eigenvalue weighted by Gasteiger charge is 2.04. The Morgan fingerprint density at radius 3 is 2.35 bits per heavy atom. The van der Waals surface area contributed by atoms with Crippen molar-refractivity contribution in [3.05, 3.63) is 82.5 Å². The Morgan fingerprint density at radius 2 is 1.61 bits per heavy atom. The number of nitrogens with one attached hydrogen (secondary N) is 1. The molecule has 0 saturated heterocycles. The summed E-state index contributed by atoms with van der Waals surface area (Å²) >= 11 is 3.44. The van der Waals surface area contributed by atoms with Crippen LogP contribution in [0.4, 0.5) is 0 Å². The second-order valence-corrected chi connectivity index (χ2v) is 6.10. The summed E-state index contributed by atoms with van der Waals surface area (Å²) in [7, 11) is 0. The van der Waals surface area contributed by atoms with E-state index in [1.807, 2.05) is 30.3 Å². The molecule has 0 aliphatic carbocycles. The van der Waals surface area contributed by atoms with Crippen LogP contribution in [0.3, 0.4) is 0 Å². The van der Waals surface area contributed by atoms with Crippen LogP contribution in [0, 0.1) is 0 Å². The Kier molecular flexibility index (Phi) is 6.90. The van der Waals surface area contributed by atoms with Gasteiger partial charge in [-0.05, 0) is 42.8 Å². The Balaban J connectivity index is 0.00000192. The first-order valence-electron chi connectivity index (χ1n) is 7.40. The molecule has 0 spiro atoms. The maximum atomic E-state index is 5.88. The van der Waals surface area contributed by atoms with Crippen molar-refractivity contribution in [1.29, 1.82) is 0 Å². The number of rotatable bonds is 6. The molecule has 1 aromatic heterocycles. The molecule has 0 bridgehead atoms. The Hall–Kier alpha value is -1.55. The number of benzene rings is 2. The van der Waals surface area contributed by atoms with Gasteiger partial charge in [-0.15, -0.1) is 12.4 Å². The van der Waals surface area contributed by atoms with Crippen LogP contribution in [-0.2, 0) is 13.0 Å². The topological polar surface area (TPSA) is 25.2 Å². The fourth-order valence-corrected chi connectivity index (χ4v) is 2.60. The third-order valence-corrected chi connectivity index (χ3v) is 4.05. The lowest BCUT2D eigenvalue weighted by atomic mass is 10.1. The molecule has 120 valence electrons. The molecular formula is C19H19BrClNO. The lowest BCUT2D eigenvalue weighted by Crippen LogP contribution is -2.16. The summed E-state index contributed by atoms with van der Waals surface area (Å²) in [6.45, 7) is 1.70. The molecule has 0 aliphatic heterocycles. The van der Waals surface area contributed by atoms with E-state index in [2.05, 4.69) is 57.6 Å². The van der Waals surface area contributed by atoms with Gasteiger partial charge in [-0.25, -0.2) is 0 Å². The third kappa shape index (κ3) is 5.24. The van der Waals surface area contributed by atoms with Crippen LogP contribution in [0.25, 0.3) is 11.3 Å². The molecule has 0 aliphatic rings. The van der Waals surface area contributed by atoms with Crippen LogP contribution in [-0.4, -0.2) is 6.54 Å². The molecule has 2 aromatic carbocycles. The second-order valence-electron chi connectivity index (χ2n) is 5.19. The first-order chi connectivity index (χ1) is 10.8. The molecule has 2 nitrogen and oxygen atoms in total. The molecular weight excluding hydrogens is 374 g/mol. The van der Waals surface area contributed by atoms with E-state index in [4.69, 9.17) is 4.42 Å². The van der Waals surface area contributed by atoms with Crippen molar-refractivity contribution in [2.75, 3.05) is 6.54 Å². The molecule has 4 heteroatoms. The number of hydrogen-bond acceptors (Lipinski definition) is 2. The third-order valence-electron chi connectivity index (χ3n) is 3.52. The smallest absolute Gasteiger partial charge is 0.134 e. The van der Waals surface area contributed by atoms with Gasteiger partial charge in [-0.2, -0.15) is 0 Å². The van der Waals surface area contributed by atoms with Crippen LogP contribution in [0.2, 0.25) is 0 Å². The van der Waals surface area contributed by atoms with Crippen molar-refractivity contribution in [3.8, 4) is 11.3 Å². The predicted molar refractivity (Wildman–Crippen MR) is 101 cm³/mol. The minimum atomic E-state index is 0. The van der Waals surface area contributed by atoms with E-state index in [1.165, 1.54) is 5.56 Å². The minimum absolute atomic E-state index is 0. The molecule has 0 unspecified atom stereocenters. The second kappa shape index (κ2) is 8.92. The quantitative estimate of drug-likeness (QED) is 0.563. The largest absolute Gasteiger partial charge is 0.460 e. The summed E-state index contributed by atoms with van der Waals surface area (Å²) in [5, 5.41) is 3.42. The van der Waals surface area contributed by atoms with Crippen molar-refractivity contribution in [1.82, 2.24) is 5.32 Å². The molecule has 0 saturated carbocycles. The standard InChI is InChI=1S/C19H18BrNO.ClH/c20-17-8-6-16(7-9-17)19-11-10-18(22-19)14-21-13-12-15-4-2-1-3-5-15;/h1-11,21H,12-14H2;1H. The van der Waals surface area contributed by atoms with E-state index in [9.17, 15) is 0 Å². The van der Waals surface area contributed by atoms with Gasteiger partial charge in [-0.1, -0.05) is 58.4 Å². The van der Waals surface area contributed by atoms with Crippen molar-refractivity contribution in [3.63, 3.8) is 0 Å². The van der Waals surface area contributed by atoms with Crippen LogP contribution in [0.15, 0.2) is 75.6 Å². The minimum Gasteiger partial charge on any atom is -0.460 e. The SMILES string of the molecule is Brc1ccc(-c2ccc(CNCCc3ccccc3)o2)cc1.Cl.